The van der Waals surface area contributed by atoms with Crippen molar-refractivity contribution in [3.63, 3.8) is 0 Å². The minimum absolute atomic E-state index is 0.0527. The number of aliphatic imine (C=N–C) groups is 1. The molecule has 210 valence electrons. The van der Waals surface area contributed by atoms with Gasteiger partial charge in [-0.2, -0.15) is 0 Å². The van der Waals surface area contributed by atoms with E-state index in [1.165, 1.54) is 4.90 Å². The molecule has 0 saturated carbocycles. The van der Waals surface area contributed by atoms with Crippen molar-refractivity contribution in [2.75, 3.05) is 6.54 Å². The molecule has 0 aliphatic carbocycles. The number of carbonyl (C=O) groups is 2. The van der Waals surface area contributed by atoms with Crippen molar-refractivity contribution >= 4 is 17.8 Å². The van der Waals surface area contributed by atoms with Crippen LogP contribution in [-0.2, 0) is 35.4 Å². The quantitative estimate of drug-likeness (QED) is 0.205. The van der Waals surface area contributed by atoms with Crippen molar-refractivity contribution in [2.45, 2.75) is 57.8 Å². The molecule has 4 rings (SSSR count). The van der Waals surface area contributed by atoms with Gasteiger partial charge in [0.25, 0.3) is 0 Å². The summed E-state index contributed by atoms with van der Waals surface area (Å²) >= 11 is 0. The zero-order chi connectivity index (χ0) is 28.8. The first-order chi connectivity index (χ1) is 19.1. The van der Waals surface area contributed by atoms with Gasteiger partial charge in [0.1, 0.15) is 17.8 Å². The second-order valence-electron chi connectivity index (χ2n) is 10.4. The Labute approximate surface area is 234 Å². The van der Waals surface area contributed by atoms with Crippen molar-refractivity contribution < 1.29 is 19.8 Å². The van der Waals surface area contributed by atoms with Crippen molar-refractivity contribution in [2.24, 2.45) is 16.5 Å². The van der Waals surface area contributed by atoms with Crippen molar-refractivity contribution in [1.29, 1.82) is 0 Å². The number of fused-ring (bicyclic) bond motifs is 1. The molecule has 3 aromatic rings. The van der Waals surface area contributed by atoms with Crippen LogP contribution in [0.4, 0.5) is 0 Å². The average molecular weight is 544 g/mol. The van der Waals surface area contributed by atoms with Crippen LogP contribution >= 0.6 is 0 Å². The summed E-state index contributed by atoms with van der Waals surface area (Å²) in [5.74, 6) is -0.813. The highest BCUT2D eigenvalue weighted by molar-refractivity contribution is 5.92. The molecule has 0 fully saturated rings. The number of benzene rings is 3. The molecule has 0 aromatic heterocycles. The molecule has 9 heteroatoms. The van der Waals surface area contributed by atoms with E-state index in [1.807, 2.05) is 68.4 Å². The molecular formula is C31H37N5O4. The number of guanidine groups is 1. The zero-order valence-corrected chi connectivity index (χ0v) is 22.9. The highest BCUT2D eigenvalue weighted by Crippen LogP contribution is 2.27. The van der Waals surface area contributed by atoms with Gasteiger partial charge in [-0.15, -0.1) is 0 Å². The Morgan fingerprint density at radius 3 is 2.27 bits per heavy atom. The zero-order valence-electron chi connectivity index (χ0n) is 22.9. The summed E-state index contributed by atoms with van der Waals surface area (Å²) in [6.07, 6.45) is 0.154. The van der Waals surface area contributed by atoms with Gasteiger partial charge in [0, 0.05) is 32.4 Å². The SMILES string of the molecule is Cc1cc(O)cc(C)c1CC(N=C(N)N)C(=O)N1Cc2ccccc2CC1C(=O)NCC(O)Cc1ccccc1. The highest BCUT2D eigenvalue weighted by Gasteiger charge is 2.38. The maximum atomic E-state index is 14.1. The van der Waals surface area contributed by atoms with Crippen LogP contribution in [0, 0.1) is 13.8 Å². The summed E-state index contributed by atoms with van der Waals surface area (Å²) in [5.41, 5.74) is 16.9. The smallest absolute Gasteiger partial charge is 0.248 e. The van der Waals surface area contributed by atoms with Gasteiger partial charge in [0.2, 0.25) is 11.8 Å². The van der Waals surface area contributed by atoms with Crippen LogP contribution < -0.4 is 16.8 Å². The minimum atomic E-state index is -0.962. The van der Waals surface area contributed by atoms with Crippen LogP contribution in [0.2, 0.25) is 0 Å². The maximum absolute atomic E-state index is 14.1. The van der Waals surface area contributed by atoms with Gasteiger partial charge in [-0.05, 0) is 59.4 Å². The molecule has 2 amide bonds. The largest absolute Gasteiger partial charge is 0.508 e. The molecule has 0 spiro atoms. The van der Waals surface area contributed by atoms with Crippen LogP contribution in [0.25, 0.3) is 0 Å². The van der Waals surface area contributed by atoms with E-state index in [0.29, 0.717) is 12.8 Å². The van der Waals surface area contributed by atoms with Gasteiger partial charge in [-0.3, -0.25) is 9.59 Å². The number of hydrogen-bond donors (Lipinski definition) is 5. The number of phenols is 1. The highest BCUT2D eigenvalue weighted by atomic mass is 16.3. The predicted octanol–water partition coefficient (Wildman–Crippen LogP) is 1.87. The molecule has 3 unspecified atom stereocenters. The lowest BCUT2D eigenvalue weighted by atomic mass is 9.91. The lowest BCUT2D eigenvalue weighted by Gasteiger charge is -2.37. The third-order valence-corrected chi connectivity index (χ3v) is 7.33. The van der Waals surface area contributed by atoms with E-state index in [2.05, 4.69) is 10.3 Å². The number of amides is 2. The molecule has 1 aliphatic heterocycles. The number of rotatable bonds is 9. The lowest BCUT2D eigenvalue weighted by molar-refractivity contribution is -0.142. The van der Waals surface area contributed by atoms with Crippen LogP contribution in [0.15, 0.2) is 71.7 Å². The standard InChI is InChI=1S/C31H37N5O4/c1-19-12-24(37)13-20(2)26(19)16-27(35-31(32)33)30(40)36-18-23-11-7-6-10-22(23)15-28(36)29(39)34-17-25(38)14-21-8-4-3-5-9-21/h3-13,25,27-28,37-38H,14-18H2,1-2H3,(H,34,39)(H4,32,33,35). The predicted molar refractivity (Wildman–Crippen MR) is 155 cm³/mol. The van der Waals surface area contributed by atoms with E-state index < -0.39 is 18.2 Å². The monoisotopic (exact) mass is 543 g/mol. The fraction of sp³-hybridized carbons (Fsp3) is 0.323. The second kappa shape index (κ2) is 12.7. The summed E-state index contributed by atoms with van der Waals surface area (Å²) in [7, 11) is 0. The molecule has 7 N–H and O–H groups in total. The van der Waals surface area contributed by atoms with E-state index >= 15 is 0 Å². The Bertz CT molecular complexity index is 1360. The Morgan fingerprint density at radius 2 is 1.62 bits per heavy atom. The van der Waals surface area contributed by atoms with E-state index in [0.717, 1.165) is 33.4 Å². The molecule has 3 aromatic carbocycles. The lowest BCUT2D eigenvalue weighted by Crippen LogP contribution is -2.56. The fourth-order valence-corrected chi connectivity index (χ4v) is 5.33. The topological polar surface area (TPSA) is 154 Å². The Morgan fingerprint density at radius 1 is 1.00 bits per heavy atom. The summed E-state index contributed by atoms with van der Waals surface area (Å²) in [6, 6.07) is 18.8. The Kier molecular flexibility index (Phi) is 9.06. The molecular weight excluding hydrogens is 506 g/mol. The average Bonchev–Trinajstić information content (AvgIpc) is 2.92. The van der Waals surface area contributed by atoms with Crippen LogP contribution in [0.5, 0.6) is 5.75 Å². The number of nitrogens with one attached hydrogen (secondary N) is 1. The first-order valence-electron chi connectivity index (χ1n) is 13.4. The van der Waals surface area contributed by atoms with Gasteiger partial charge >= 0.3 is 0 Å². The van der Waals surface area contributed by atoms with Crippen LogP contribution in [-0.4, -0.2) is 57.6 Å². The normalized spacial score (nSPS) is 16.0. The first kappa shape index (κ1) is 28.6. The third-order valence-electron chi connectivity index (χ3n) is 7.33. The van der Waals surface area contributed by atoms with Crippen molar-refractivity contribution in [1.82, 2.24) is 10.2 Å². The van der Waals surface area contributed by atoms with Gasteiger partial charge in [-0.25, -0.2) is 4.99 Å². The van der Waals surface area contributed by atoms with Crippen LogP contribution in [0.1, 0.15) is 33.4 Å². The van der Waals surface area contributed by atoms with E-state index in [9.17, 15) is 19.8 Å². The number of hydrogen-bond acceptors (Lipinski definition) is 5. The van der Waals surface area contributed by atoms with E-state index in [1.54, 1.807) is 12.1 Å². The van der Waals surface area contributed by atoms with Crippen molar-refractivity contribution in [3.05, 3.63) is 100 Å². The Hall–Kier alpha value is -4.37. The number of phenolic OH excluding ortho intramolecular Hbond substituents is 1. The molecule has 3 atom stereocenters. The molecule has 0 bridgehead atoms. The van der Waals surface area contributed by atoms with E-state index in [-0.39, 0.29) is 43.0 Å². The number of aryl methyl sites for hydroxylation is 2. The van der Waals surface area contributed by atoms with Gasteiger partial charge in [-0.1, -0.05) is 54.6 Å². The van der Waals surface area contributed by atoms with E-state index in [4.69, 9.17) is 11.5 Å². The summed E-state index contributed by atoms with van der Waals surface area (Å²) in [5, 5.41) is 23.4. The Balaban J connectivity index is 1.57. The number of aliphatic hydroxyl groups is 1. The number of aliphatic hydroxyl groups excluding tert-OH is 1. The van der Waals surface area contributed by atoms with Crippen molar-refractivity contribution in [3.8, 4) is 5.75 Å². The molecule has 40 heavy (non-hydrogen) atoms. The summed E-state index contributed by atoms with van der Waals surface area (Å²) < 4.78 is 0. The third kappa shape index (κ3) is 6.98. The molecule has 0 radical (unpaired) electrons. The molecule has 0 saturated heterocycles. The summed E-state index contributed by atoms with van der Waals surface area (Å²) in [4.78, 5) is 33.4. The summed E-state index contributed by atoms with van der Waals surface area (Å²) in [6.45, 7) is 3.99. The first-order valence-corrected chi connectivity index (χ1v) is 13.4. The number of nitrogens with zero attached hydrogens (tertiary/aromatic N) is 2. The van der Waals surface area contributed by atoms with Gasteiger partial charge in [0.15, 0.2) is 5.96 Å². The second-order valence-corrected chi connectivity index (χ2v) is 10.4. The van der Waals surface area contributed by atoms with Gasteiger partial charge in [0.05, 0.1) is 6.10 Å². The van der Waals surface area contributed by atoms with Crippen LogP contribution in [0.3, 0.4) is 0 Å². The van der Waals surface area contributed by atoms with Gasteiger partial charge < -0.3 is 31.9 Å². The minimum Gasteiger partial charge on any atom is -0.508 e. The molecule has 1 aliphatic rings. The number of aromatic hydroxyl groups is 1. The number of nitrogens with two attached hydrogens (primary N) is 2. The fourth-order valence-electron chi connectivity index (χ4n) is 5.33. The number of carbonyl (C=O) groups excluding carboxylic acids is 2. The molecule has 1 heterocycles. The molecule has 9 nitrogen and oxygen atoms in total. The maximum Gasteiger partial charge on any atom is 0.248 e.